The van der Waals surface area contributed by atoms with Crippen molar-refractivity contribution in [1.29, 1.82) is 0 Å². The molecule has 0 radical (unpaired) electrons. The highest BCUT2D eigenvalue weighted by Gasteiger charge is 2.20. The normalized spacial score (nSPS) is 13.8. The Morgan fingerprint density at radius 2 is 1.71 bits per heavy atom. The van der Waals surface area contributed by atoms with E-state index in [0.717, 1.165) is 24.9 Å². The molecule has 1 aliphatic carbocycles. The van der Waals surface area contributed by atoms with Crippen molar-refractivity contribution in [2.24, 2.45) is 4.99 Å². The number of aliphatic imine (C=N–C) groups is 1. The molecular formula is C33H65FN4O3S. The Kier molecular flexibility index (Phi) is 33.9. The number of ether oxygens (including phenoxy) is 1. The second-order valence-corrected chi connectivity index (χ2v) is 12.0. The Hall–Kier alpha value is -2.10. The molecule has 0 saturated heterocycles. The number of rotatable bonds is 8. The molecule has 9 heteroatoms. The smallest absolute Gasteiger partial charge is 0.215 e. The second kappa shape index (κ2) is 30.4. The minimum atomic E-state index is -0.930. The summed E-state index contributed by atoms with van der Waals surface area (Å²) in [5.74, 6) is 1.05. The average molecular weight is 617 g/mol. The van der Waals surface area contributed by atoms with Gasteiger partial charge in [0.2, 0.25) is 5.95 Å². The van der Waals surface area contributed by atoms with Crippen molar-refractivity contribution in [3.05, 3.63) is 48.1 Å². The van der Waals surface area contributed by atoms with Gasteiger partial charge in [0.25, 0.3) is 0 Å². The number of nitrogens with zero attached hydrogens (tertiary/aromatic N) is 2. The first-order valence-corrected chi connectivity index (χ1v) is 16.5. The third kappa shape index (κ3) is 26.8. The number of allylic oxidation sites excluding steroid dienone is 1. The topological polar surface area (TPSA) is 95.8 Å². The van der Waals surface area contributed by atoms with Crippen molar-refractivity contribution in [3.63, 3.8) is 0 Å². The van der Waals surface area contributed by atoms with Crippen molar-refractivity contribution >= 4 is 22.8 Å². The summed E-state index contributed by atoms with van der Waals surface area (Å²) < 4.78 is 29.4. The minimum Gasteiger partial charge on any atom is -0.497 e. The van der Waals surface area contributed by atoms with E-state index in [1.807, 2.05) is 75.3 Å². The first-order chi connectivity index (χ1) is 19.8. The van der Waals surface area contributed by atoms with Crippen molar-refractivity contribution in [1.82, 2.24) is 10.3 Å². The Bertz CT molecular complexity index is 848. The molecule has 2 unspecified atom stereocenters. The highest BCUT2D eigenvalue weighted by Crippen LogP contribution is 2.18. The van der Waals surface area contributed by atoms with E-state index in [-0.39, 0.29) is 16.9 Å². The van der Waals surface area contributed by atoms with Gasteiger partial charge in [-0.15, -0.1) is 0 Å². The van der Waals surface area contributed by atoms with Crippen LogP contribution in [0.1, 0.15) is 113 Å². The summed E-state index contributed by atoms with van der Waals surface area (Å²) in [5, 5.41) is 15.0. The van der Waals surface area contributed by atoms with Gasteiger partial charge in [-0.05, 0) is 83.5 Å². The standard InChI is InChI=1S/C10H16FN3.C10H18O2S.C6H12O.C3H7N.2C2H6/c1-4-13-7(2)8-5-9(11)14-10(6-8)12-3;1-8(9(2)12-6)7-13(11)10(3,4)5;7-6-4-2-1-3-5-6;1-3-4-2;2*1-2/h5-7,13H,4H2,1-3H3,(H,12,14);1-2,7H2,3-6H3;6-7H,1-5H2;3H,1-2H3;2*1-2H3. The van der Waals surface area contributed by atoms with Crippen LogP contribution in [-0.4, -0.2) is 64.9 Å². The molecular weight excluding hydrogens is 551 g/mol. The summed E-state index contributed by atoms with van der Waals surface area (Å²) in [4.78, 5) is 7.30. The van der Waals surface area contributed by atoms with Crippen LogP contribution in [0.5, 0.6) is 0 Å². The van der Waals surface area contributed by atoms with Crippen LogP contribution < -0.4 is 10.6 Å². The maximum absolute atomic E-state index is 13.0. The quantitative estimate of drug-likeness (QED) is 0.118. The van der Waals surface area contributed by atoms with Crippen LogP contribution in [-0.2, 0) is 15.5 Å². The molecule has 7 nitrogen and oxygen atoms in total. The SMILES string of the molecule is C=C(CS(=O)C(C)(C)C)C(=C)OC.CC.CC.CC=NC.CCNC(C)c1cc(F)nc(NC)c1.OC1CCCCC1. The van der Waals surface area contributed by atoms with E-state index >= 15 is 0 Å². The number of aliphatic hydroxyl groups excluding tert-OH is 1. The second-order valence-electron chi connectivity index (χ2n) is 9.78. The first kappa shape index (κ1) is 46.8. The lowest BCUT2D eigenvalue weighted by atomic mass is 9.98. The lowest BCUT2D eigenvalue weighted by Gasteiger charge is -2.18. The maximum Gasteiger partial charge on any atom is 0.215 e. The fraction of sp³-hybridized carbons (Fsp3) is 0.697. The number of hydrogen-bond acceptors (Lipinski definition) is 7. The monoisotopic (exact) mass is 616 g/mol. The lowest BCUT2D eigenvalue weighted by molar-refractivity contribution is 0.130. The minimum absolute atomic E-state index is 0.0359. The Morgan fingerprint density at radius 3 is 2.05 bits per heavy atom. The Morgan fingerprint density at radius 1 is 1.21 bits per heavy atom. The van der Waals surface area contributed by atoms with E-state index in [1.54, 1.807) is 20.3 Å². The molecule has 0 aliphatic heterocycles. The van der Waals surface area contributed by atoms with Gasteiger partial charge in [0, 0.05) is 35.7 Å². The molecule has 1 aromatic rings. The van der Waals surface area contributed by atoms with Gasteiger partial charge in [0.05, 0.1) is 19.0 Å². The number of aliphatic hydroxyl groups is 1. The highest BCUT2D eigenvalue weighted by atomic mass is 32.2. The van der Waals surface area contributed by atoms with E-state index in [2.05, 4.69) is 33.8 Å². The number of hydrogen-bond donors (Lipinski definition) is 3. The van der Waals surface area contributed by atoms with Crippen LogP contribution >= 0.6 is 0 Å². The molecule has 1 aromatic heterocycles. The first-order valence-electron chi connectivity index (χ1n) is 15.2. The van der Waals surface area contributed by atoms with Gasteiger partial charge in [-0.3, -0.25) is 4.21 Å². The molecule has 2 atom stereocenters. The van der Waals surface area contributed by atoms with E-state index in [0.29, 0.717) is 22.9 Å². The van der Waals surface area contributed by atoms with Gasteiger partial charge in [-0.1, -0.05) is 67.0 Å². The molecule has 1 saturated carbocycles. The number of halogens is 1. The summed E-state index contributed by atoms with van der Waals surface area (Å²) in [6, 6.07) is 3.44. The van der Waals surface area contributed by atoms with Crippen molar-refractivity contribution in [2.75, 3.05) is 38.8 Å². The van der Waals surface area contributed by atoms with Gasteiger partial charge >= 0.3 is 0 Å². The number of nitrogens with one attached hydrogen (secondary N) is 2. The molecule has 0 bridgehead atoms. The fourth-order valence-electron chi connectivity index (χ4n) is 3.00. The largest absolute Gasteiger partial charge is 0.497 e. The molecule has 248 valence electrons. The van der Waals surface area contributed by atoms with E-state index in [1.165, 1.54) is 32.4 Å². The van der Waals surface area contributed by atoms with E-state index < -0.39 is 16.7 Å². The zero-order valence-electron chi connectivity index (χ0n) is 29.2. The predicted octanol–water partition coefficient (Wildman–Crippen LogP) is 8.25. The van der Waals surface area contributed by atoms with Crippen molar-refractivity contribution in [3.8, 4) is 0 Å². The number of methoxy groups -OCH3 is 1. The van der Waals surface area contributed by atoms with Crippen LogP contribution in [0, 0.1) is 5.95 Å². The average Bonchev–Trinajstić information content (AvgIpc) is 2.99. The van der Waals surface area contributed by atoms with Gasteiger partial charge in [0.1, 0.15) is 11.6 Å². The maximum atomic E-state index is 13.0. The molecule has 0 amide bonds. The van der Waals surface area contributed by atoms with Crippen LogP contribution in [0.2, 0.25) is 0 Å². The Labute approximate surface area is 261 Å². The van der Waals surface area contributed by atoms with Gasteiger partial charge < -0.3 is 25.5 Å². The lowest BCUT2D eigenvalue weighted by Crippen LogP contribution is -2.25. The molecule has 2 rings (SSSR count). The van der Waals surface area contributed by atoms with Crippen LogP contribution in [0.4, 0.5) is 10.2 Å². The van der Waals surface area contributed by atoms with E-state index in [4.69, 9.17) is 9.84 Å². The zero-order valence-corrected chi connectivity index (χ0v) is 30.0. The van der Waals surface area contributed by atoms with Gasteiger partial charge in [-0.2, -0.15) is 4.39 Å². The third-order valence-corrected chi connectivity index (χ3v) is 7.52. The number of pyridine rings is 1. The summed E-state index contributed by atoms with van der Waals surface area (Å²) in [6.07, 6.45) is 7.67. The third-order valence-electron chi connectivity index (χ3n) is 5.54. The molecule has 42 heavy (non-hydrogen) atoms. The summed E-state index contributed by atoms with van der Waals surface area (Å²) in [6.45, 7) is 28.0. The molecule has 1 heterocycles. The molecule has 0 spiro atoms. The van der Waals surface area contributed by atoms with Crippen LogP contribution in [0.15, 0.2) is 41.6 Å². The highest BCUT2D eigenvalue weighted by molar-refractivity contribution is 7.86. The van der Waals surface area contributed by atoms with E-state index in [9.17, 15) is 8.60 Å². The molecule has 1 aliphatic rings. The van der Waals surface area contributed by atoms with Crippen molar-refractivity contribution in [2.45, 2.75) is 118 Å². The summed E-state index contributed by atoms with van der Waals surface area (Å²) in [5.41, 5.74) is 1.61. The summed E-state index contributed by atoms with van der Waals surface area (Å²) in [7, 11) is 4.08. The molecule has 0 aromatic carbocycles. The van der Waals surface area contributed by atoms with Crippen LogP contribution in [0.25, 0.3) is 0 Å². The molecule has 1 fully saturated rings. The van der Waals surface area contributed by atoms with Gasteiger partial charge in [0.15, 0.2) is 0 Å². The van der Waals surface area contributed by atoms with Crippen molar-refractivity contribution < 1.29 is 18.4 Å². The Balaban J connectivity index is -0.000000236. The van der Waals surface area contributed by atoms with Gasteiger partial charge in [-0.25, -0.2) is 4.98 Å². The summed E-state index contributed by atoms with van der Waals surface area (Å²) >= 11 is 0. The predicted molar refractivity (Wildman–Crippen MR) is 186 cm³/mol. The molecule has 3 N–H and O–H groups in total. The fourth-order valence-corrected chi connectivity index (χ4v) is 3.91. The van der Waals surface area contributed by atoms with Crippen LogP contribution in [0.3, 0.4) is 0 Å². The zero-order chi connectivity index (χ0) is 33.7. The number of anilines is 1. The number of aromatic nitrogens is 1.